The Morgan fingerprint density at radius 3 is 3.00 bits per heavy atom. The molecule has 2 fully saturated rings. The number of aliphatic imine (C=N–C) groups is 1. The minimum atomic E-state index is 0.253. The monoisotopic (exact) mass is 405 g/mol. The average molecular weight is 406 g/mol. The summed E-state index contributed by atoms with van der Waals surface area (Å²) in [6, 6.07) is 4.25. The van der Waals surface area contributed by atoms with Gasteiger partial charge in [0.1, 0.15) is 5.82 Å². The summed E-state index contributed by atoms with van der Waals surface area (Å²) in [5, 5.41) is 4.16. The summed E-state index contributed by atoms with van der Waals surface area (Å²) in [5.41, 5.74) is 1.20. The number of nitrogens with zero attached hydrogens (tertiary/aromatic N) is 4. The number of hydrogen-bond donors (Lipinski definition) is 1. The van der Waals surface area contributed by atoms with Gasteiger partial charge in [0.25, 0.3) is 0 Å². The Balaban J connectivity index is 1.68. The molecule has 0 saturated carbocycles. The number of pyridine rings is 1. The Bertz CT molecular complexity index is 653. The van der Waals surface area contributed by atoms with Gasteiger partial charge in [-0.15, -0.1) is 0 Å². The summed E-state index contributed by atoms with van der Waals surface area (Å²) < 4.78 is 5.65. The van der Waals surface area contributed by atoms with Gasteiger partial charge >= 0.3 is 0 Å². The summed E-state index contributed by atoms with van der Waals surface area (Å²) in [4.78, 5) is 14.3. The molecule has 0 amide bonds. The van der Waals surface area contributed by atoms with Crippen molar-refractivity contribution in [3.63, 3.8) is 0 Å². The normalized spacial score (nSPS) is 24.0. The Morgan fingerprint density at radius 2 is 2.25 bits per heavy atom. The zero-order chi connectivity index (χ0) is 19.9. The van der Waals surface area contributed by atoms with E-state index >= 15 is 0 Å². The summed E-state index contributed by atoms with van der Waals surface area (Å²) in [5.74, 6) is 3.92. The molecule has 0 radical (unpaired) electrons. The first kappa shape index (κ1) is 21.2. The van der Waals surface area contributed by atoms with Crippen molar-refractivity contribution in [1.82, 2.24) is 15.2 Å². The predicted octanol–water partition coefficient (Wildman–Crippen LogP) is 2.85. The molecule has 2 aliphatic heterocycles. The molecule has 0 aromatic carbocycles. The largest absolute Gasteiger partial charge is 0.375 e. The fraction of sp³-hybridized carbons (Fsp3) is 0.714. The number of aromatic nitrogens is 1. The smallest absolute Gasteiger partial charge is 0.194 e. The van der Waals surface area contributed by atoms with Gasteiger partial charge in [0.2, 0.25) is 0 Å². The van der Waals surface area contributed by atoms with E-state index in [9.17, 15) is 0 Å². The maximum atomic E-state index is 5.65. The van der Waals surface area contributed by atoms with Crippen molar-refractivity contribution in [2.75, 3.05) is 50.0 Å². The molecular weight excluding hydrogens is 370 g/mol. The van der Waals surface area contributed by atoms with E-state index in [0.29, 0.717) is 17.7 Å². The van der Waals surface area contributed by atoms with Crippen LogP contribution in [0.1, 0.15) is 33.3 Å². The molecule has 28 heavy (non-hydrogen) atoms. The second kappa shape index (κ2) is 10.3. The van der Waals surface area contributed by atoms with E-state index < -0.39 is 0 Å². The highest BCUT2D eigenvalue weighted by molar-refractivity contribution is 8.00. The third kappa shape index (κ3) is 5.77. The zero-order valence-electron chi connectivity index (χ0n) is 17.7. The first-order valence-corrected chi connectivity index (χ1v) is 11.6. The molecule has 2 aliphatic rings. The molecule has 156 valence electrons. The maximum absolute atomic E-state index is 5.65. The van der Waals surface area contributed by atoms with Crippen molar-refractivity contribution in [2.24, 2.45) is 10.9 Å². The molecule has 0 aliphatic carbocycles. The van der Waals surface area contributed by atoms with Gasteiger partial charge in [-0.2, -0.15) is 11.8 Å². The minimum Gasteiger partial charge on any atom is -0.375 e. The van der Waals surface area contributed by atoms with Crippen LogP contribution < -0.4 is 10.2 Å². The van der Waals surface area contributed by atoms with Gasteiger partial charge in [-0.25, -0.2) is 9.98 Å². The van der Waals surface area contributed by atoms with E-state index in [4.69, 9.17) is 9.73 Å². The fourth-order valence-corrected chi connectivity index (χ4v) is 4.92. The van der Waals surface area contributed by atoms with Crippen molar-refractivity contribution < 1.29 is 4.74 Å². The second-order valence-electron chi connectivity index (χ2n) is 7.92. The van der Waals surface area contributed by atoms with Crippen LogP contribution in [0.2, 0.25) is 0 Å². The molecule has 2 unspecified atom stereocenters. The van der Waals surface area contributed by atoms with Crippen LogP contribution >= 0.6 is 11.8 Å². The fourth-order valence-electron chi connectivity index (χ4n) is 3.62. The lowest BCUT2D eigenvalue weighted by molar-refractivity contribution is 0.0529. The lowest BCUT2D eigenvalue weighted by atomic mass is 10.1. The average Bonchev–Trinajstić information content (AvgIpc) is 2.71. The van der Waals surface area contributed by atoms with E-state index in [0.717, 1.165) is 51.1 Å². The third-order valence-electron chi connectivity index (χ3n) is 5.26. The zero-order valence-corrected chi connectivity index (χ0v) is 18.5. The van der Waals surface area contributed by atoms with E-state index in [-0.39, 0.29) is 6.10 Å². The van der Waals surface area contributed by atoms with Crippen LogP contribution in [0.25, 0.3) is 0 Å². The number of hydrogen-bond acceptors (Lipinski definition) is 5. The van der Waals surface area contributed by atoms with Gasteiger partial charge in [0.05, 0.1) is 19.3 Å². The van der Waals surface area contributed by atoms with Crippen LogP contribution in [0.4, 0.5) is 5.82 Å². The van der Waals surface area contributed by atoms with Crippen molar-refractivity contribution in [2.45, 2.75) is 45.6 Å². The van der Waals surface area contributed by atoms with Gasteiger partial charge in [-0.1, -0.05) is 13.8 Å². The van der Waals surface area contributed by atoms with Crippen molar-refractivity contribution in [3.05, 3.63) is 23.9 Å². The quantitative estimate of drug-likeness (QED) is 0.601. The van der Waals surface area contributed by atoms with E-state index in [1.807, 2.05) is 6.20 Å². The molecule has 3 heterocycles. The first-order valence-electron chi connectivity index (χ1n) is 10.5. The van der Waals surface area contributed by atoms with Crippen LogP contribution in [0, 0.1) is 5.92 Å². The molecule has 7 heteroatoms. The number of anilines is 1. The van der Waals surface area contributed by atoms with Crippen LogP contribution in [0.5, 0.6) is 0 Å². The third-order valence-corrected chi connectivity index (χ3v) is 6.80. The molecule has 6 nitrogen and oxygen atoms in total. The van der Waals surface area contributed by atoms with Gasteiger partial charge in [-0.3, -0.25) is 0 Å². The van der Waals surface area contributed by atoms with Crippen LogP contribution in [0.15, 0.2) is 23.3 Å². The number of rotatable bonds is 5. The van der Waals surface area contributed by atoms with Gasteiger partial charge < -0.3 is 19.9 Å². The van der Waals surface area contributed by atoms with Crippen LogP contribution in [-0.2, 0) is 11.3 Å². The summed E-state index contributed by atoms with van der Waals surface area (Å²) >= 11 is 2.09. The van der Waals surface area contributed by atoms with Gasteiger partial charge in [0, 0.05) is 49.9 Å². The Labute approximate surface area is 174 Å². The molecule has 1 aromatic rings. The van der Waals surface area contributed by atoms with Crippen molar-refractivity contribution in [3.8, 4) is 0 Å². The minimum absolute atomic E-state index is 0.253. The molecular formula is C21H35N5OS. The Morgan fingerprint density at radius 1 is 1.39 bits per heavy atom. The lowest BCUT2D eigenvalue weighted by Gasteiger charge is -2.36. The Kier molecular flexibility index (Phi) is 7.85. The maximum Gasteiger partial charge on any atom is 0.194 e. The number of nitrogens with one attached hydrogen (secondary N) is 1. The molecule has 2 saturated heterocycles. The number of morpholine rings is 1. The molecule has 2 atom stereocenters. The van der Waals surface area contributed by atoms with E-state index in [1.54, 1.807) is 0 Å². The number of ether oxygens (including phenoxy) is 1. The summed E-state index contributed by atoms with van der Waals surface area (Å²) in [7, 11) is 0. The topological polar surface area (TPSA) is 53.0 Å². The summed E-state index contributed by atoms with van der Waals surface area (Å²) in [6.45, 7) is 15.1. The standard InChI is InChI=1S/C21H35N5OS/c1-5-22-21(26-9-11-28-19(15-26)16(2)3)24-13-18-6-7-23-20(12-18)25-8-10-27-17(4)14-25/h6-7,12,16-17,19H,5,8-11,13-15H2,1-4H3,(H,22,24). The van der Waals surface area contributed by atoms with Gasteiger partial charge in [-0.05, 0) is 37.5 Å². The first-order chi connectivity index (χ1) is 13.6. The van der Waals surface area contributed by atoms with E-state index in [2.05, 4.69) is 71.7 Å². The van der Waals surface area contributed by atoms with Crippen LogP contribution in [-0.4, -0.2) is 72.3 Å². The second-order valence-corrected chi connectivity index (χ2v) is 9.27. The van der Waals surface area contributed by atoms with Crippen molar-refractivity contribution >= 4 is 23.5 Å². The molecule has 0 bridgehead atoms. The SMILES string of the molecule is CCNC(=NCc1ccnc(N2CCOC(C)C2)c1)N1CCSC(C(C)C)C1. The number of guanidine groups is 1. The molecule has 3 rings (SSSR count). The Hall–Kier alpha value is -1.47. The lowest BCUT2D eigenvalue weighted by Crippen LogP contribution is -2.49. The molecule has 0 spiro atoms. The highest BCUT2D eigenvalue weighted by Crippen LogP contribution is 2.25. The van der Waals surface area contributed by atoms with Crippen LogP contribution in [0.3, 0.4) is 0 Å². The summed E-state index contributed by atoms with van der Waals surface area (Å²) in [6.07, 6.45) is 2.16. The predicted molar refractivity (Wildman–Crippen MR) is 119 cm³/mol. The van der Waals surface area contributed by atoms with Gasteiger partial charge in [0.15, 0.2) is 5.96 Å². The molecule has 1 N–H and O–H groups in total. The van der Waals surface area contributed by atoms with E-state index in [1.165, 1.54) is 11.3 Å². The number of thioether (sulfide) groups is 1. The molecule has 1 aromatic heterocycles. The highest BCUT2D eigenvalue weighted by Gasteiger charge is 2.25. The highest BCUT2D eigenvalue weighted by atomic mass is 32.2. The van der Waals surface area contributed by atoms with Crippen molar-refractivity contribution in [1.29, 1.82) is 0 Å².